The van der Waals surface area contributed by atoms with Gasteiger partial charge in [0.25, 0.3) is 0 Å². The fourth-order valence-corrected chi connectivity index (χ4v) is 3.23. The number of pyridine rings is 1. The summed E-state index contributed by atoms with van der Waals surface area (Å²) in [5.74, 6) is 0.577. The summed E-state index contributed by atoms with van der Waals surface area (Å²) in [5, 5.41) is 10.2. The van der Waals surface area contributed by atoms with Gasteiger partial charge in [-0.15, -0.1) is 0 Å². The van der Waals surface area contributed by atoms with Crippen molar-refractivity contribution in [3.8, 4) is 17.2 Å². The SMILES string of the molecule is COc1cc2c(Cl)ccnc2cc1OCc1ccccc1.COc1ccc(N)cc1C(=O)O. The zero-order valence-electron chi connectivity index (χ0n) is 18.1. The van der Waals surface area contributed by atoms with E-state index in [-0.39, 0.29) is 5.56 Å². The van der Waals surface area contributed by atoms with Crippen molar-refractivity contribution in [2.75, 3.05) is 20.0 Å². The Hall–Kier alpha value is -3.97. The van der Waals surface area contributed by atoms with Crippen molar-refractivity contribution in [3.63, 3.8) is 0 Å². The van der Waals surface area contributed by atoms with E-state index in [1.54, 1.807) is 25.4 Å². The third-order valence-electron chi connectivity index (χ3n) is 4.66. The number of carboxylic acids is 1. The number of aromatic carboxylic acids is 1. The average Bonchev–Trinajstić information content (AvgIpc) is 2.83. The molecule has 0 aliphatic heterocycles. The molecule has 4 aromatic rings. The minimum Gasteiger partial charge on any atom is -0.496 e. The Kier molecular flexibility index (Phi) is 7.94. The maximum atomic E-state index is 10.6. The molecule has 0 radical (unpaired) electrons. The van der Waals surface area contributed by atoms with Gasteiger partial charge in [-0.3, -0.25) is 4.98 Å². The minimum atomic E-state index is -1.04. The summed E-state index contributed by atoms with van der Waals surface area (Å²) in [6.45, 7) is 0.475. The van der Waals surface area contributed by atoms with Gasteiger partial charge < -0.3 is 25.1 Å². The van der Waals surface area contributed by atoms with Gasteiger partial charge in [0, 0.05) is 23.3 Å². The van der Waals surface area contributed by atoms with Gasteiger partial charge in [-0.1, -0.05) is 41.9 Å². The van der Waals surface area contributed by atoms with E-state index >= 15 is 0 Å². The number of fused-ring (bicyclic) bond motifs is 1. The number of halogens is 1. The second-order valence-corrected chi connectivity index (χ2v) is 7.26. The smallest absolute Gasteiger partial charge is 0.339 e. The summed E-state index contributed by atoms with van der Waals surface area (Å²) >= 11 is 6.17. The first kappa shape index (κ1) is 23.7. The fraction of sp³-hybridized carbons (Fsp3) is 0.120. The third-order valence-corrected chi connectivity index (χ3v) is 4.99. The molecule has 4 rings (SSSR count). The molecule has 170 valence electrons. The molecule has 0 bridgehead atoms. The van der Waals surface area contributed by atoms with Crippen LogP contribution in [0.1, 0.15) is 15.9 Å². The number of aromatic nitrogens is 1. The highest BCUT2D eigenvalue weighted by atomic mass is 35.5. The molecule has 0 aliphatic carbocycles. The Morgan fingerprint density at radius 2 is 1.70 bits per heavy atom. The standard InChI is InChI=1S/C17H14ClNO2.C8H9NO3/c1-20-16-9-13-14(18)7-8-19-15(13)10-17(16)21-11-12-5-3-2-4-6-12;1-12-7-3-2-5(9)4-6(7)8(10)11/h2-10H,11H2,1H3;2-4H,9H2,1H3,(H,10,11). The summed E-state index contributed by atoms with van der Waals surface area (Å²) in [6.07, 6.45) is 1.68. The Labute approximate surface area is 196 Å². The van der Waals surface area contributed by atoms with Gasteiger partial charge in [-0.25, -0.2) is 4.79 Å². The maximum absolute atomic E-state index is 10.6. The van der Waals surface area contributed by atoms with Gasteiger partial charge in [0.05, 0.1) is 24.8 Å². The molecule has 0 aliphatic rings. The molecule has 0 amide bonds. The summed E-state index contributed by atoms with van der Waals surface area (Å²) in [4.78, 5) is 14.9. The number of carbonyl (C=O) groups is 1. The van der Waals surface area contributed by atoms with Crippen molar-refractivity contribution >= 4 is 34.2 Å². The number of benzene rings is 3. The molecular weight excluding hydrogens is 444 g/mol. The van der Waals surface area contributed by atoms with Gasteiger partial charge in [-0.2, -0.15) is 0 Å². The largest absolute Gasteiger partial charge is 0.496 e. The van der Waals surface area contributed by atoms with Gasteiger partial charge in [0.15, 0.2) is 11.5 Å². The molecule has 0 saturated carbocycles. The fourth-order valence-electron chi connectivity index (χ4n) is 3.02. The molecule has 0 spiro atoms. The van der Waals surface area contributed by atoms with Crippen molar-refractivity contribution in [2.24, 2.45) is 0 Å². The van der Waals surface area contributed by atoms with E-state index in [0.717, 1.165) is 16.5 Å². The molecule has 8 heteroatoms. The summed E-state index contributed by atoms with van der Waals surface area (Å²) < 4.78 is 16.1. The molecule has 7 nitrogen and oxygen atoms in total. The lowest BCUT2D eigenvalue weighted by atomic mass is 10.2. The van der Waals surface area contributed by atoms with Crippen LogP contribution in [0.3, 0.4) is 0 Å². The molecule has 33 heavy (non-hydrogen) atoms. The Morgan fingerprint density at radius 3 is 2.36 bits per heavy atom. The Balaban J connectivity index is 0.000000218. The predicted octanol–water partition coefficient (Wildman–Crippen LogP) is 5.45. The summed E-state index contributed by atoms with van der Waals surface area (Å²) in [6, 6.07) is 19.9. The molecule has 0 unspecified atom stereocenters. The number of ether oxygens (including phenoxy) is 3. The van der Waals surface area contributed by atoms with Crippen molar-refractivity contribution < 1.29 is 24.1 Å². The average molecular weight is 467 g/mol. The van der Waals surface area contributed by atoms with Crippen LogP contribution in [0.4, 0.5) is 5.69 Å². The normalized spacial score (nSPS) is 10.2. The number of nitrogens with two attached hydrogens (primary N) is 1. The molecule has 3 aromatic carbocycles. The number of anilines is 1. The van der Waals surface area contributed by atoms with Crippen LogP contribution in [-0.4, -0.2) is 30.3 Å². The predicted molar refractivity (Wildman–Crippen MR) is 128 cm³/mol. The maximum Gasteiger partial charge on any atom is 0.339 e. The van der Waals surface area contributed by atoms with Crippen LogP contribution < -0.4 is 19.9 Å². The summed E-state index contributed by atoms with van der Waals surface area (Å²) in [7, 11) is 3.03. The molecule has 0 saturated heterocycles. The van der Waals surface area contributed by atoms with Crippen molar-refractivity contribution in [3.05, 3.63) is 89.1 Å². The van der Waals surface area contributed by atoms with Crippen LogP contribution >= 0.6 is 11.6 Å². The first-order valence-electron chi connectivity index (χ1n) is 9.88. The molecule has 3 N–H and O–H groups in total. The lowest BCUT2D eigenvalue weighted by Crippen LogP contribution is -2.01. The van der Waals surface area contributed by atoms with Crippen molar-refractivity contribution in [1.82, 2.24) is 4.98 Å². The van der Waals surface area contributed by atoms with E-state index in [1.165, 1.54) is 19.2 Å². The van der Waals surface area contributed by atoms with Crippen molar-refractivity contribution in [2.45, 2.75) is 6.61 Å². The molecule has 1 aromatic heterocycles. The highest BCUT2D eigenvalue weighted by Gasteiger charge is 2.11. The summed E-state index contributed by atoms with van der Waals surface area (Å²) in [5.41, 5.74) is 7.77. The molecule has 1 heterocycles. The number of carboxylic acid groups (broad SMARTS) is 1. The van der Waals surface area contributed by atoms with E-state index in [1.807, 2.05) is 42.5 Å². The highest BCUT2D eigenvalue weighted by Crippen LogP contribution is 2.34. The minimum absolute atomic E-state index is 0.0810. The highest BCUT2D eigenvalue weighted by molar-refractivity contribution is 6.35. The van der Waals surface area contributed by atoms with Gasteiger partial charge in [0.2, 0.25) is 0 Å². The van der Waals surface area contributed by atoms with Gasteiger partial charge >= 0.3 is 5.97 Å². The lowest BCUT2D eigenvalue weighted by molar-refractivity contribution is 0.0693. The first-order valence-corrected chi connectivity index (χ1v) is 10.3. The van der Waals surface area contributed by atoms with Crippen LogP contribution in [0.15, 0.2) is 72.9 Å². The van der Waals surface area contributed by atoms with Crippen molar-refractivity contribution in [1.29, 1.82) is 0 Å². The van der Waals surface area contributed by atoms with Crippen LogP contribution in [0.2, 0.25) is 5.02 Å². The molecular formula is C25H23ClN2O5. The zero-order valence-corrected chi connectivity index (χ0v) is 18.9. The zero-order chi connectivity index (χ0) is 23.8. The van der Waals surface area contributed by atoms with Gasteiger partial charge in [-0.05, 0) is 35.9 Å². The van der Waals surface area contributed by atoms with Crippen LogP contribution in [-0.2, 0) is 6.61 Å². The second-order valence-electron chi connectivity index (χ2n) is 6.85. The number of methoxy groups -OCH3 is 2. The number of hydrogen-bond donors (Lipinski definition) is 2. The number of nitrogens with zero attached hydrogens (tertiary/aromatic N) is 1. The third kappa shape index (κ3) is 6.05. The van der Waals surface area contributed by atoms with Crippen LogP contribution in [0, 0.1) is 0 Å². The number of hydrogen-bond acceptors (Lipinski definition) is 6. The lowest BCUT2D eigenvalue weighted by Gasteiger charge is -2.12. The second kappa shape index (κ2) is 11.1. The van der Waals surface area contributed by atoms with E-state index in [9.17, 15) is 4.79 Å². The van der Waals surface area contributed by atoms with E-state index < -0.39 is 5.97 Å². The van der Waals surface area contributed by atoms with E-state index in [2.05, 4.69) is 4.98 Å². The monoisotopic (exact) mass is 466 g/mol. The van der Waals surface area contributed by atoms with E-state index in [0.29, 0.717) is 34.6 Å². The van der Waals surface area contributed by atoms with Crippen LogP contribution in [0.5, 0.6) is 17.2 Å². The Bertz CT molecular complexity index is 1250. The topological polar surface area (TPSA) is 104 Å². The molecule has 0 fully saturated rings. The number of rotatable bonds is 6. The number of nitrogen functional groups attached to an aromatic ring is 1. The van der Waals surface area contributed by atoms with Crippen LogP contribution in [0.25, 0.3) is 10.9 Å². The quantitative estimate of drug-likeness (QED) is 0.364. The Morgan fingerprint density at radius 1 is 0.970 bits per heavy atom. The molecule has 0 atom stereocenters. The first-order chi connectivity index (χ1) is 15.9. The van der Waals surface area contributed by atoms with E-state index in [4.69, 9.17) is 36.7 Å². The van der Waals surface area contributed by atoms with Gasteiger partial charge in [0.1, 0.15) is 17.9 Å².